The molecule has 9 heteroatoms. The molecule has 1 fully saturated rings. The van der Waals surface area contributed by atoms with Gasteiger partial charge in [-0.25, -0.2) is 9.37 Å². The van der Waals surface area contributed by atoms with Crippen LogP contribution in [-0.2, 0) is 0 Å². The van der Waals surface area contributed by atoms with Crippen molar-refractivity contribution in [2.24, 2.45) is 11.7 Å². The summed E-state index contributed by atoms with van der Waals surface area (Å²) in [5.74, 6) is -0.252. The zero-order valence-electron chi connectivity index (χ0n) is 16.2. The summed E-state index contributed by atoms with van der Waals surface area (Å²) in [6.45, 7) is 2.37. The van der Waals surface area contributed by atoms with Crippen LogP contribution < -0.4 is 16.0 Å². The highest BCUT2D eigenvalue weighted by Gasteiger charge is 2.24. The minimum Gasteiger partial charge on any atom is -0.370 e. The quantitative estimate of drug-likeness (QED) is 0.455. The fraction of sp³-hybridized carbons (Fsp3) is 0.333. The van der Waals surface area contributed by atoms with E-state index in [4.69, 9.17) is 5.73 Å². The predicted octanol–water partition coefficient (Wildman–Crippen LogP) is 5.59. The lowest BCUT2D eigenvalue weighted by Crippen LogP contribution is -2.36. The van der Waals surface area contributed by atoms with E-state index in [1.165, 1.54) is 17.4 Å². The molecule has 1 aliphatic heterocycles. The van der Waals surface area contributed by atoms with Crippen molar-refractivity contribution in [3.05, 3.63) is 51.0 Å². The number of benzene rings is 1. The number of halogens is 2. The molecule has 5 nitrogen and oxygen atoms in total. The van der Waals surface area contributed by atoms with Gasteiger partial charge in [0.15, 0.2) is 0 Å². The van der Waals surface area contributed by atoms with Crippen LogP contribution in [-0.4, -0.2) is 30.5 Å². The van der Waals surface area contributed by atoms with Gasteiger partial charge in [0.05, 0.1) is 20.7 Å². The van der Waals surface area contributed by atoms with Gasteiger partial charge >= 0.3 is 0 Å². The van der Waals surface area contributed by atoms with Crippen LogP contribution in [0, 0.1) is 11.7 Å². The zero-order valence-corrected chi connectivity index (χ0v) is 19.5. The Morgan fingerprint density at radius 3 is 3.03 bits per heavy atom. The number of nitrogens with two attached hydrogens (primary N) is 1. The van der Waals surface area contributed by atoms with Gasteiger partial charge in [0.2, 0.25) is 0 Å². The molecule has 0 spiro atoms. The lowest BCUT2D eigenvalue weighted by atomic mass is 9.94. The lowest BCUT2D eigenvalue weighted by molar-refractivity contribution is 0.102. The number of piperidine rings is 1. The molecule has 1 aromatic carbocycles. The Hall–Kier alpha value is -1.81. The first-order chi connectivity index (χ1) is 14.5. The molecule has 0 radical (unpaired) electrons. The molecule has 2 aromatic heterocycles. The molecule has 30 heavy (non-hydrogen) atoms. The Morgan fingerprint density at radius 1 is 1.40 bits per heavy atom. The van der Waals surface area contributed by atoms with Crippen LogP contribution in [0.5, 0.6) is 0 Å². The topological polar surface area (TPSA) is 71.2 Å². The number of aromatic nitrogens is 1. The highest BCUT2D eigenvalue weighted by Crippen LogP contribution is 2.35. The molecule has 1 aliphatic rings. The zero-order chi connectivity index (χ0) is 21.1. The van der Waals surface area contributed by atoms with Gasteiger partial charge in [-0.1, -0.05) is 6.07 Å². The molecular weight excluding hydrogens is 487 g/mol. The first-order valence-corrected chi connectivity index (χ1v) is 12.3. The average molecular weight is 509 g/mol. The third-order valence-electron chi connectivity index (χ3n) is 5.19. The smallest absolute Gasteiger partial charge is 0.275 e. The number of nitrogens with one attached hydrogen (secondary N) is 1. The van der Waals surface area contributed by atoms with E-state index in [1.807, 2.05) is 17.5 Å². The number of hydrogen-bond acceptors (Lipinski definition) is 6. The van der Waals surface area contributed by atoms with Crippen molar-refractivity contribution < 1.29 is 9.18 Å². The Labute approximate surface area is 191 Å². The van der Waals surface area contributed by atoms with E-state index < -0.39 is 5.82 Å². The van der Waals surface area contributed by atoms with Gasteiger partial charge in [0.1, 0.15) is 16.5 Å². The maximum absolute atomic E-state index is 14.3. The van der Waals surface area contributed by atoms with Crippen molar-refractivity contribution >= 4 is 55.9 Å². The molecule has 0 aliphatic carbocycles. The van der Waals surface area contributed by atoms with Crippen LogP contribution in [0.1, 0.15) is 29.8 Å². The molecule has 4 rings (SSSR count). The largest absolute Gasteiger partial charge is 0.370 e. The summed E-state index contributed by atoms with van der Waals surface area (Å²) >= 11 is 6.29. The molecular formula is C21H22BrFN4OS2. The summed E-state index contributed by atoms with van der Waals surface area (Å²) in [6, 6.07) is 7.04. The Balaban J connectivity index is 1.57. The van der Waals surface area contributed by atoms with Gasteiger partial charge in [-0.05, 0) is 65.2 Å². The van der Waals surface area contributed by atoms with E-state index in [-0.39, 0.29) is 5.91 Å². The molecule has 3 heterocycles. The predicted molar refractivity (Wildman–Crippen MR) is 126 cm³/mol. The second-order valence-corrected chi connectivity index (χ2v) is 9.94. The van der Waals surface area contributed by atoms with E-state index in [1.54, 1.807) is 22.8 Å². The normalized spacial score (nSPS) is 16.6. The number of rotatable bonds is 6. The number of thiazole rings is 1. The molecule has 0 saturated carbocycles. The summed E-state index contributed by atoms with van der Waals surface area (Å²) in [5.41, 5.74) is 7.35. The lowest BCUT2D eigenvalue weighted by Gasteiger charge is -2.35. The highest BCUT2D eigenvalue weighted by atomic mass is 79.9. The summed E-state index contributed by atoms with van der Waals surface area (Å²) in [5, 5.41) is 7.39. The number of carbonyl (C=O) groups is 1. The molecule has 3 aromatic rings. The third-order valence-corrected chi connectivity index (χ3v) is 7.68. The second-order valence-electron chi connectivity index (χ2n) is 7.28. The standard InChI is InChI=1S/C21H22BrFN4OS2/c22-14-9-18(27-7-1-3-13(11-27)5-6-24)16(10-15(14)23)25-20(28)17-12-30-21(26-17)19-4-2-8-29-19/h2,4,8-10,12-13H,1,3,5-7,11,24H2,(H,25,28). The van der Waals surface area contributed by atoms with Crippen molar-refractivity contribution in [3.8, 4) is 9.88 Å². The molecule has 1 saturated heterocycles. The Morgan fingerprint density at radius 2 is 2.27 bits per heavy atom. The minimum absolute atomic E-state index is 0.331. The fourth-order valence-electron chi connectivity index (χ4n) is 3.73. The number of amides is 1. The van der Waals surface area contributed by atoms with Gasteiger partial charge in [-0.2, -0.15) is 0 Å². The highest BCUT2D eigenvalue weighted by molar-refractivity contribution is 9.10. The summed E-state index contributed by atoms with van der Waals surface area (Å²) < 4.78 is 14.7. The van der Waals surface area contributed by atoms with Crippen molar-refractivity contribution in [2.75, 3.05) is 29.9 Å². The van der Waals surface area contributed by atoms with Crippen LogP contribution in [0.4, 0.5) is 15.8 Å². The number of hydrogen-bond donors (Lipinski definition) is 2. The van der Waals surface area contributed by atoms with Crippen LogP contribution in [0.25, 0.3) is 9.88 Å². The Kier molecular flexibility index (Phi) is 6.82. The molecule has 158 valence electrons. The summed E-state index contributed by atoms with van der Waals surface area (Å²) in [6.07, 6.45) is 3.15. The maximum Gasteiger partial charge on any atom is 0.275 e. The number of carbonyl (C=O) groups excluding carboxylic acids is 1. The minimum atomic E-state index is -0.415. The van der Waals surface area contributed by atoms with Crippen LogP contribution in [0.15, 0.2) is 39.5 Å². The van der Waals surface area contributed by atoms with E-state index in [0.29, 0.717) is 28.3 Å². The summed E-state index contributed by atoms with van der Waals surface area (Å²) in [7, 11) is 0. The number of nitrogens with zero attached hydrogens (tertiary/aromatic N) is 2. The van der Waals surface area contributed by atoms with Gasteiger partial charge < -0.3 is 16.0 Å². The molecule has 1 unspecified atom stereocenters. The second kappa shape index (κ2) is 9.55. The number of anilines is 2. The fourth-order valence-corrected chi connectivity index (χ4v) is 5.68. The monoisotopic (exact) mass is 508 g/mol. The van der Waals surface area contributed by atoms with Gasteiger partial charge in [0.25, 0.3) is 5.91 Å². The first-order valence-electron chi connectivity index (χ1n) is 9.80. The van der Waals surface area contributed by atoms with Crippen molar-refractivity contribution in [1.29, 1.82) is 0 Å². The van der Waals surface area contributed by atoms with E-state index >= 15 is 0 Å². The van der Waals surface area contributed by atoms with E-state index in [2.05, 4.69) is 31.1 Å². The molecule has 1 amide bonds. The average Bonchev–Trinajstić information content (AvgIpc) is 3.42. The number of thiophene rings is 1. The maximum atomic E-state index is 14.3. The van der Waals surface area contributed by atoms with E-state index in [0.717, 1.165) is 47.9 Å². The summed E-state index contributed by atoms with van der Waals surface area (Å²) in [4.78, 5) is 20.5. The SMILES string of the molecule is NCCC1CCCN(c2cc(Br)c(F)cc2NC(=O)c2csc(-c3cccs3)n2)C1. The van der Waals surface area contributed by atoms with Gasteiger partial charge in [0, 0.05) is 24.5 Å². The molecule has 3 N–H and O–H groups in total. The van der Waals surface area contributed by atoms with Crippen LogP contribution in [0.3, 0.4) is 0 Å². The molecule has 1 atom stereocenters. The first kappa shape index (κ1) is 21.4. The van der Waals surface area contributed by atoms with Crippen LogP contribution >= 0.6 is 38.6 Å². The molecule has 0 bridgehead atoms. The van der Waals surface area contributed by atoms with Gasteiger partial charge in [-0.15, -0.1) is 22.7 Å². The van der Waals surface area contributed by atoms with Gasteiger partial charge in [-0.3, -0.25) is 4.79 Å². The van der Waals surface area contributed by atoms with E-state index in [9.17, 15) is 9.18 Å². The third kappa shape index (κ3) is 4.74. The van der Waals surface area contributed by atoms with Crippen molar-refractivity contribution in [2.45, 2.75) is 19.3 Å². The van der Waals surface area contributed by atoms with Crippen molar-refractivity contribution in [1.82, 2.24) is 4.98 Å². The Bertz CT molecular complexity index is 1020. The van der Waals surface area contributed by atoms with Crippen molar-refractivity contribution in [3.63, 3.8) is 0 Å². The van der Waals surface area contributed by atoms with Crippen LogP contribution in [0.2, 0.25) is 0 Å².